The van der Waals surface area contributed by atoms with Gasteiger partial charge in [-0.25, -0.2) is 17.5 Å². The second-order valence-electron chi connectivity index (χ2n) is 11.0. The van der Waals surface area contributed by atoms with E-state index in [1.54, 1.807) is 29.9 Å². The van der Waals surface area contributed by atoms with Crippen molar-refractivity contribution < 1.29 is 17.6 Å². The lowest BCUT2D eigenvalue weighted by atomic mass is 10.1. The summed E-state index contributed by atoms with van der Waals surface area (Å²) in [5.41, 5.74) is 1.07. The maximum absolute atomic E-state index is 13.9. The molecular weight excluding hydrogens is 495 g/mol. The lowest BCUT2D eigenvalue weighted by molar-refractivity contribution is -0.126. The minimum atomic E-state index is -3.78. The summed E-state index contributed by atoms with van der Waals surface area (Å²) in [6.45, 7) is 8.76. The van der Waals surface area contributed by atoms with E-state index in [1.807, 2.05) is 6.92 Å². The van der Waals surface area contributed by atoms with E-state index in [1.165, 1.54) is 4.90 Å². The topological polar surface area (TPSA) is 99.6 Å². The molecule has 2 aliphatic heterocycles. The molecular formula is C26H35FN6O3S. The van der Waals surface area contributed by atoms with E-state index in [9.17, 15) is 17.6 Å². The van der Waals surface area contributed by atoms with Gasteiger partial charge < -0.3 is 15.1 Å². The second-order valence-corrected chi connectivity index (χ2v) is 12.7. The highest BCUT2D eigenvalue weighted by molar-refractivity contribution is 7.89. The molecule has 0 unspecified atom stereocenters. The Bertz CT molecular complexity index is 1370. The molecule has 2 N–H and O–H groups in total. The van der Waals surface area contributed by atoms with Crippen LogP contribution in [0.5, 0.6) is 0 Å². The predicted octanol–water partition coefficient (Wildman–Crippen LogP) is 2.19. The number of aromatic nitrogens is 2. The number of alkyl halides is 1. The summed E-state index contributed by atoms with van der Waals surface area (Å²) in [7, 11) is -3.78. The number of rotatable bonds is 6. The largest absolute Gasteiger partial charge is 0.368 e. The van der Waals surface area contributed by atoms with Gasteiger partial charge in [0.15, 0.2) is 0 Å². The van der Waals surface area contributed by atoms with Crippen LogP contribution < -0.4 is 14.9 Å². The summed E-state index contributed by atoms with van der Waals surface area (Å²) < 4.78 is 45.4. The van der Waals surface area contributed by atoms with Crippen LogP contribution in [0, 0.1) is 11.8 Å². The zero-order valence-corrected chi connectivity index (χ0v) is 22.6. The first-order valence-electron chi connectivity index (χ1n) is 12.9. The fraction of sp³-hybridized carbons (Fsp3) is 0.615. The number of carbonyl (C=O) groups is 1. The maximum atomic E-state index is 13.9. The predicted molar refractivity (Wildman–Crippen MR) is 141 cm³/mol. The van der Waals surface area contributed by atoms with Gasteiger partial charge in [0.05, 0.1) is 28.7 Å². The number of sulfonamides is 1. The van der Waals surface area contributed by atoms with Crippen LogP contribution in [-0.4, -0.2) is 79.0 Å². The number of nitrogens with zero attached hydrogens (tertiary/aromatic N) is 4. The Labute approximate surface area is 217 Å². The standard InChI is InChI=1S/C26H35FN6O3S/c1-5-6-25(34)32-16-20(9-19(32)12-27)33-24-11-21(37(35,36)30-26(4)7-8-26)10-23(22(24)13-28-33)31-14-17(2)29-18(3)15-31/h10-11,13,17-20,29-30H,7-9,12,14-16H2,1-4H3/t17-,18-,19-,20+/m0/s1. The van der Waals surface area contributed by atoms with Crippen LogP contribution >= 0.6 is 0 Å². The summed E-state index contributed by atoms with van der Waals surface area (Å²) >= 11 is 0. The number of halogens is 1. The highest BCUT2D eigenvalue weighted by Crippen LogP contribution is 2.39. The van der Waals surface area contributed by atoms with E-state index in [4.69, 9.17) is 0 Å². The van der Waals surface area contributed by atoms with Crippen molar-refractivity contribution in [3.8, 4) is 11.8 Å². The summed E-state index contributed by atoms with van der Waals surface area (Å²) in [5, 5.41) is 9.01. The SMILES string of the molecule is CC#CC(=O)N1C[C@H](n2ncc3c(N4C[C@H](C)N[C@@H](C)C4)cc(S(=O)(=O)NC4(C)CC4)cc32)C[C@H]1CF. The lowest BCUT2D eigenvalue weighted by Gasteiger charge is -2.38. The second kappa shape index (κ2) is 9.57. The number of carbonyl (C=O) groups excluding carboxylic acids is 1. The van der Waals surface area contributed by atoms with E-state index in [0.717, 1.165) is 37.0 Å². The Morgan fingerprint density at radius 3 is 2.57 bits per heavy atom. The average molecular weight is 531 g/mol. The molecule has 1 saturated carbocycles. The number of hydrogen-bond acceptors (Lipinski definition) is 6. The number of amides is 1. The lowest BCUT2D eigenvalue weighted by Crippen LogP contribution is -2.54. The normalized spacial score (nSPS) is 27.3. The van der Waals surface area contributed by atoms with E-state index >= 15 is 0 Å². The molecule has 0 bridgehead atoms. The van der Waals surface area contributed by atoms with Gasteiger partial charge in [-0.05, 0) is 65.0 Å². The molecule has 1 aromatic heterocycles. The number of hydrogen-bond donors (Lipinski definition) is 2. The first-order valence-corrected chi connectivity index (χ1v) is 14.4. The van der Waals surface area contributed by atoms with Gasteiger partial charge in [0.2, 0.25) is 10.0 Å². The molecule has 9 nitrogen and oxygen atoms in total. The number of benzene rings is 1. The summed E-state index contributed by atoms with van der Waals surface area (Å²) in [4.78, 5) is 16.4. The number of anilines is 1. The molecule has 0 radical (unpaired) electrons. The van der Waals surface area contributed by atoms with Crippen molar-refractivity contribution in [2.24, 2.45) is 0 Å². The van der Waals surface area contributed by atoms with Crippen molar-refractivity contribution in [3.63, 3.8) is 0 Å². The summed E-state index contributed by atoms with van der Waals surface area (Å²) in [6.07, 6.45) is 3.76. The zero-order valence-electron chi connectivity index (χ0n) is 21.8. The molecule has 200 valence electrons. The van der Waals surface area contributed by atoms with Crippen LogP contribution in [-0.2, 0) is 14.8 Å². The Morgan fingerprint density at radius 2 is 1.95 bits per heavy atom. The summed E-state index contributed by atoms with van der Waals surface area (Å²) in [5.74, 6) is 4.70. The van der Waals surface area contributed by atoms with Crippen molar-refractivity contribution in [3.05, 3.63) is 18.3 Å². The van der Waals surface area contributed by atoms with Gasteiger partial charge in [-0.3, -0.25) is 9.48 Å². The highest BCUT2D eigenvalue weighted by Gasteiger charge is 2.42. The van der Waals surface area contributed by atoms with Crippen molar-refractivity contribution in [1.82, 2.24) is 24.7 Å². The fourth-order valence-corrected chi connectivity index (χ4v) is 7.15. The molecule has 37 heavy (non-hydrogen) atoms. The van der Waals surface area contributed by atoms with Crippen molar-refractivity contribution in [2.75, 3.05) is 31.2 Å². The molecule has 3 fully saturated rings. The molecule has 1 amide bonds. The Kier molecular flexibility index (Phi) is 6.71. The van der Waals surface area contributed by atoms with Crippen molar-refractivity contribution in [1.29, 1.82) is 0 Å². The monoisotopic (exact) mass is 530 g/mol. The Balaban J connectivity index is 1.59. The molecule has 11 heteroatoms. The van der Waals surface area contributed by atoms with E-state index < -0.39 is 34.2 Å². The average Bonchev–Trinajstić information content (AvgIpc) is 3.21. The van der Waals surface area contributed by atoms with Gasteiger partial charge in [-0.15, -0.1) is 0 Å². The third-order valence-corrected chi connectivity index (χ3v) is 9.28. The molecule has 3 heterocycles. The smallest absolute Gasteiger partial charge is 0.298 e. The Morgan fingerprint density at radius 1 is 1.24 bits per heavy atom. The summed E-state index contributed by atoms with van der Waals surface area (Å²) in [6, 6.07) is 3.00. The van der Waals surface area contributed by atoms with E-state index in [0.29, 0.717) is 11.9 Å². The molecule has 3 aliphatic rings. The number of nitrogens with one attached hydrogen (secondary N) is 2. The van der Waals surface area contributed by atoms with Gasteiger partial charge in [-0.2, -0.15) is 5.10 Å². The third kappa shape index (κ3) is 5.07. The molecule has 1 aromatic carbocycles. The molecule has 2 aromatic rings. The van der Waals surface area contributed by atoms with Gasteiger partial charge in [-0.1, -0.05) is 5.92 Å². The number of likely N-dealkylation sites (tertiary alicyclic amines) is 1. The van der Waals surface area contributed by atoms with Crippen molar-refractivity contribution >= 4 is 32.5 Å². The fourth-order valence-electron chi connectivity index (χ4n) is 5.65. The minimum Gasteiger partial charge on any atom is -0.368 e. The van der Waals surface area contributed by atoms with Crippen LogP contribution in [0.25, 0.3) is 10.9 Å². The van der Waals surface area contributed by atoms with Crippen LogP contribution in [0.2, 0.25) is 0 Å². The van der Waals surface area contributed by atoms with Crippen molar-refractivity contribution in [2.45, 2.75) is 81.6 Å². The quantitative estimate of drug-likeness (QED) is 0.556. The van der Waals surface area contributed by atoms with Crippen LogP contribution in [0.15, 0.2) is 23.2 Å². The number of piperazine rings is 1. The maximum Gasteiger partial charge on any atom is 0.298 e. The van der Waals surface area contributed by atoms with Crippen LogP contribution in [0.4, 0.5) is 10.1 Å². The molecule has 4 atom stereocenters. The van der Waals surface area contributed by atoms with Gasteiger partial charge >= 0.3 is 0 Å². The zero-order chi connectivity index (χ0) is 26.5. The van der Waals surface area contributed by atoms with Gasteiger partial charge in [0.1, 0.15) is 6.67 Å². The third-order valence-electron chi connectivity index (χ3n) is 7.67. The van der Waals surface area contributed by atoms with E-state index in [2.05, 4.69) is 45.7 Å². The van der Waals surface area contributed by atoms with Gasteiger partial charge in [0.25, 0.3) is 5.91 Å². The first kappa shape index (κ1) is 25.9. The van der Waals surface area contributed by atoms with Crippen LogP contribution in [0.1, 0.15) is 53.0 Å². The molecule has 5 rings (SSSR count). The van der Waals surface area contributed by atoms with E-state index in [-0.39, 0.29) is 29.6 Å². The Hall–Kier alpha value is -2.68. The molecule has 2 saturated heterocycles. The minimum absolute atomic E-state index is 0.188. The first-order chi connectivity index (χ1) is 17.5. The number of fused-ring (bicyclic) bond motifs is 1. The highest BCUT2D eigenvalue weighted by atomic mass is 32.2. The van der Waals surface area contributed by atoms with Gasteiger partial charge in [0, 0.05) is 48.3 Å². The molecule has 0 spiro atoms. The van der Waals surface area contributed by atoms with Crippen LogP contribution in [0.3, 0.4) is 0 Å². The molecule has 1 aliphatic carbocycles.